The molecule has 0 heterocycles. The maximum Gasteiger partial charge on any atom is 1.00 e. The van der Waals surface area contributed by atoms with Crippen LogP contribution in [0.5, 0.6) is 17.2 Å². The van der Waals surface area contributed by atoms with Gasteiger partial charge in [0.1, 0.15) is 79.4 Å². The number of fused-ring (bicyclic) bond motifs is 6. The predicted molar refractivity (Wildman–Crippen MR) is 364 cm³/mol. The van der Waals surface area contributed by atoms with Crippen molar-refractivity contribution >= 4 is 190 Å². The zero-order chi connectivity index (χ0) is 77.3. The van der Waals surface area contributed by atoms with Crippen LogP contribution in [0.4, 0.5) is 34.1 Å². The summed E-state index contributed by atoms with van der Waals surface area (Å²) in [7, 11) is -44.3. The minimum absolute atomic E-state index is 0. The Morgan fingerprint density at radius 3 is 0.648 bits per heavy atom. The number of nitrogens with zero attached hydrogens (tertiary/aromatic N) is 6. The Morgan fingerprint density at radius 2 is 0.454 bits per heavy atom. The van der Waals surface area contributed by atoms with Gasteiger partial charge in [-0.1, -0.05) is 91.0 Å². The van der Waals surface area contributed by atoms with Crippen molar-refractivity contribution in [3.63, 3.8) is 0 Å². The maximum absolute atomic E-state index is 12.0. The minimum Gasteiger partial charge on any atom is -0.744 e. The molecule has 0 bridgehead atoms. The molecule has 48 heteroatoms. The molecule has 0 aliphatic rings. The standard InChI is InChI=1S/3C20H14N2O10S3.3Na/c3*23-16-7-5-11-9-12(33(24,25)26)10-18(35(30,31)32)19(11)20(16)22-21-15-6-8-17(34(27,28)29)14-4-2-1-3-13(14)15;;;/h3*1-10,23H,(H,24,25,26)(H,27,28,29)(H,30,31,32);;;/q;;;3*+1/p-3/b3*22-21+;;;. The van der Waals surface area contributed by atoms with Crippen molar-refractivity contribution < 1.29 is 221 Å². The maximum atomic E-state index is 12.0. The average Bonchev–Trinajstić information content (AvgIpc) is 0.764. The molecule has 12 aromatic carbocycles. The van der Waals surface area contributed by atoms with Gasteiger partial charge in [-0.25, -0.2) is 25.3 Å². The SMILES string of the molecule is O=S(=O)([O-])c1ccc(/N=N/c2c(O)ccc3cc(S(=O)(=O)O)cc(S(=O)(=O)O)c23)c2ccccc12.O=S(=O)([O-])c1ccc(/N=N/c2c(O)ccc3cc(S(=O)(=O)O)cc(S(=O)(=O)O)c23)c2ccccc12.O=S(=O)([O-])c1ccc(/N=N/c2c(O)ccc3cc(S(=O)(=O)O)cc(S(=O)(=O)O)c23)c2ccccc12.[Na+].[Na+].[Na+]. The molecule has 0 saturated heterocycles. The van der Waals surface area contributed by atoms with E-state index >= 15 is 0 Å². The van der Waals surface area contributed by atoms with E-state index < -0.39 is 186 Å². The Labute approximate surface area is 676 Å². The third-order valence-electron chi connectivity index (χ3n) is 14.9. The van der Waals surface area contributed by atoms with E-state index in [2.05, 4.69) is 30.7 Å². The average molecular weight is 1680 g/mol. The topological polar surface area (TPSA) is 633 Å². The Balaban J connectivity index is 0.000000223. The summed E-state index contributed by atoms with van der Waals surface area (Å²) in [6.45, 7) is 0. The number of aromatic hydroxyl groups is 3. The Morgan fingerprint density at radius 1 is 0.241 bits per heavy atom. The van der Waals surface area contributed by atoms with E-state index in [-0.39, 0.29) is 154 Å². The van der Waals surface area contributed by atoms with E-state index in [0.29, 0.717) is 18.2 Å². The zero-order valence-electron chi connectivity index (χ0n) is 54.3. The van der Waals surface area contributed by atoms with Crippen molar-refractivity contribution in [3.8, 4) is 17.2 Å². The molecule has 9 N–H and O–H groups in total. The summed E-state index contributed by atoms with van der Waals surface area (Å²) in [5, 5.41) is 53.7. The summed E-state index contributed by atoms with van der Waals surface area (Å²) in [6.07, 6.45) is 0. The summed E-state index contributed by atoms with van der Waals surface area (Å²) in [6, 6.07) is 35.0. The van der Waals surface area contributed by atoms with E-state index in [4.69, 9.17) is 0 Å². The van der Waals surface area contributed by atoms with Crippen LogP contribution >= 0.6 is 0 Å². The first-order valence-corrected chi connectivity index (χ1v) is 40.8. The van der Waals surface area contributed by atoms with Gasteiger partial charge in [-0.05, 0) is 107 Å². The number of phenolic OH excluding ortho intramolecular Hbond substituents is 3. The Bertz CT molecular complexity index is 6330. The number of azo groups is 3. The minimum atomic E-state index is -5.08. The van der Waals surface area contributed by atoms with Crippen LogP contribution in [0.2, 0.25) is 0 Å². The summed E-state index contributed by atoms with van der Waals surface area (Å²) in [5.74, 6) is -1.77. The van der Waals surface area contributed by atoms with E-state index in [0.717, 1.165) is 72.8 Å². The van der Waals surface area contributed by atoms with Crippen molar-refractivity contribution in [1.82, 2.24) is 0 Å². The largest absolute Gasteiger partial charge is 1.00 e. The molecule has 12 rings (SSSR count). The molecule has 546 valence electrons. The fraction of sp³-hybridized carbons (Fsp3) is 0. The smallest absolute Gasteiger partial charge is 0.744 e. The van der Waals surface area contributed by atoms with Crippen LogP contribution < -0.4 is 88.7 Å². The number of hydrogen-bond acceptors (Lipinski definition) is 30. The number of benzene rings is 12. The molecule has 0 aliphatic heterocycles. The van der Waals surface area contributed by atoms with Crippen LogP contribution in [0, 0.1) is 0 Å². The molecule has 0 unspecified atom stereocenters. The first kappa shape index (κ1) is 87.8. The van der Waals surface area contributed by atoms with Crippen molar-refractivity contribution in [3.05, 3.63) is 182 Å². The van der Waals surface area contributed by atoms with Gasteiger partial charge in [0.2, 0.25) is 0 Å². The van der Waals surface area contributed by atoms with Gasteiger partial charge in [0.15, 0.2) is 0 Å². The second-order valence-electron chi connectivity index (χ2n) is 21.6. The van der Waals surface area contributed by atoms with Gasteiger partial charge in [-0.2, -0.15) is 50.5 Å². The summed E-state index contributed by atoms with van der Waals surface area (Å²) < 4.78 is 303. The van der Waals surface area contributed by atoms with Crippen molar-refractivity contribution in [2.45, 2.75) is 44.1 Å². The van der Waals surface area contributed by atoms with Crippen LogP contribution in [0.25, 0.3) is 64.6 Å². The van der Waals surface area contributed by atoms with Gasteiger partial charge in [-0.15, -0.1) is 30.7 Å². The second-order valence-corrected chi connectivity index (χ2v) is 34.0. The fourth-order valence-electron chi connectivity index (χ4n) is 10.5. The van der Waals surface area contributed by atoms with Crippen LogP contribution in [0.15, 0.2) is 257 Å². The Kier molecular flexibility index (Phi) is 26.4. The third-order valence-corrected chi connectivity index (χ3v) is 22.7. The van der Waals surface area contributed by atoms with Gasteiger partial charge in [0.25, 0.3) is 60.7 Å². The van der Waals surface area contributed by atoms with Crippen molar-refractivity contribution in [2.24, 2.45) is 30.7 Å². The van der Waals surface area contributed by atoms with Crippen LogP contribution in [-0.2, 0) is 91.1 Å². The van der Waals surface area contributed by atoms with Crippen molar-refractivity contribution in [2.75, 3.05) is 0 Å². The summed E-state index contributed by atoms with van der Waals surface area (Å²) in [4.78, 5) is -6.87. The number of hydrogen-bond donors (Lipinski definition) is 9. The zero-order valence-corrected chi connectivity index (χ0v) is 67.6. The van der Waals surface area contributed by atoms with Gasteiger partial charge >= 0.3 is 88.7 Å². The molecule has 0 fully saturated rings. The molecule has 36 nitrogen and oxygen atoms in total. The van der Waals surface area contributed by atoms with Crippen molar-refractivity contribution in [1.29, 1.82) is 0 Å². The monoisotopic (exact) mass is 1680 g/mol. The molecule has 0 atom stereocenters. The molecular weight excluding hydrogens is 1640 g/mol. The predicted octanol–water partition coefficient (Wildman–Crippen LogP) is 1.55. The molecule has 12 aromatic rings. The quantitative estimate of drug-likeness (QED) is 0.0399. The van der Waals surface area contributed by atoms with E-state index in [9.17, 15) is 132 Å². The van der Waals surface area contributed by atoms with Crippen LogP contribution in [0.1, 0.15) is 0 Å². The van der Waals surface area contributed by atoms with E-state index in [1.165, 1.54) is 72.8 Å². The van der Waals surface area contributed by atoms with Crippen LogP contribution in [0.3, 0.4) is 0 Å². The number of phenols is 3. The first-order valence-electron chi connectivity index (χ1n) is 28.0. The molecule has 0 saturated carbocycles. The molecule has 0 aliphatic carbocycles. The molecular formula is C60H39N6Na3O30S9. The Hall–Kier alpha value is -7.41. The molecule has 0 aromatic heterocycles. The van der Waals surface area contributed by atoms with Gasteiger partial charge in [-0.3, -0.25) is 27.3 Å². The van der Waals surface area contributed by atoms with E-state index in [1.807, 2.05) is 0 Å². The second kappa shape index (κ2) is 32.5. The normalized spacial score (nSPS) is 12.8. The van der Waals surface area contributed by atoms with Gasteiger partial charge in [0, 0.05) is 48.5 Å². The third kappa shape index (κ3) is 19.3. The van der Waals surface area contributed by atoms with Gasteiger partial charge in [0.05, 0.1) is 46.4 Å². The van der Waals surface area contributed by atoms with Gasteiger partial charge < -0.3 is 29.0 Å². The molecule has 108 heavy (non-hydrogen) atoms. The molecule has 0 radical (unpaired) electrons. The summed E-state index contributed by atoms with van der Waals surface area (Å²) >= 11 is 0. The van der Waals surface area contributed by atoms with E-state index in [1.54, 1.807) is 18.2 Å². The van der Waals surface area contributed by atoms with Crippen LogP contribution in [-0.4, -0.2) is 132 Å². The summed E-state index contributed by atoms with van der Waals surface area (Å²) in [5.41, 5.74) is -1.27. The number of rotatable bonds is 15. The fourth-order valence-corrected chi connectivity index (χ4v) is 16.6. The first-order chi connectivity index (χ1) is 48.5. The molecule has 0 spiro atoms. The molecule has 0 amide bonds.